The van der Waals surface area contributed by atoms with Gasteiger partial charge in [-0.05, 0) is 18.0 Å². The average molecular weight is 286 g/mol. The predicted molar refractivity (Wildman–Crippen MR) is 83.6 cm³/mol. The first-order chi connectivity index (χ1) is 9.38. The second-order valence-electron chi connectivity index (χ2n) is 4.17. The van der Waals surface area contributed by atoms with Crippen molar-refractivity contribution in [1.82, 2.24) is 4.98 Å². The van der Waals surface area contributed by atoms with E-state index in [1.165, 1.54) is 15.3 Å². The third-order valence-corrected chi connectivity index (χ3v) is 4.99. The van der Waals surface area contributed by atoms with Crippen LogP contribution in [0.3, 0.4) is 0 Å². The Morgan fingerprint density at radius 3 is 2.58 bits per heavy atom. The van der Waals surface area contributed by atoms with E-state index < -0.39 is 0 Å². The van der Waals surface area contributed by atoms with Gasteiger partial charge in [-0.2, -0.15) is 0 Å². The number of nitrogens with two attached hydrogens (primary N) is 1. The Bertz CT molecular complexity index is 642. The second-order valence-corrected chi connectivity index (χ2v) is 6.20. The largest absolute Gasteiger partial charge is 0.330 e. The Morgan fingerprint density at radius 2 is 1.89 bits per heavy atom. The van der Waals surface area contributed by atoms with Crippen LogP contribution in [0.5, 0.6) is 0 Å². The van der Waals surface area contributed by atoms with Crippen molar-refractivity contribution in [3.8, 4) is 21.0 Å². The fraction of sp³-hybridized carbons (Fsp3) is 0.133. The standard InChI is InChI=1S/C15H14N2S2/c16-9-8-13-17-14(11-5-2-1-3-6-11)15(19-13)12-7-4-10-18-12/h1-7,10H,8-9,16H2. The van der Waals surface area contributed by atoms with Crippen LogP contribution in [-0.2, 0) is 6.42 Å². The number of nitrogens with zero attached hydrogens (tertiary/aromatic N) is 1. The smallest absolute Gasteiger partial charge is 0.0951 e. The van der Waals surface area contributed by atoms with Crippen LogP contribution in [0.25, 0.3) is 21.0 Å². The summed E-state index contributed by atoms with van der Waals surface area (Å²) in [5.41, 5.74) is 7.90. The van der Waals surface area contributed by atoms with Crippen LogP contribution in [-0.4, -0.2) is 11.5 Å². The minimum atomic E-state index is 0.644. The first-order valence-corrected chi connectivity index (χ1v) is 7.87. The van der Waals surface area contributed by atoms with Gasteiger partial charge in [0, 0.05) is 16.9 Å². The van der Waals surface area contributed by atoms with Crippen molar-refractivity contribution in [3.63, 3.8) is 0 Å². The summed E-state index contributed by atoms with van der Waals surface area (Å²) < 4.78 is 0. The van der Waals surface area contributed by atoms with Gasteiger partial charge in [-0.3, -0.25) is 0 Å². The quantitative estimate of drug-likeness (QED) is 0.786. The highest BCUT2D eigenvalue weighted by molar-refractivity contribution is 7.21. The van der Waals surface area contributed by atoms with E-state index in [9.17, 15) is 0 Å². The van der Waals surface area contributed by atoms with Crippen LogP contribution in [0.4, 0.5) is 0 Å². The van der Waals surface area contributed by atoms with Gasteiger partial charge >= 0.3 is 0 Å². The summed E-state index contributed by atoms with van der Waals surface area (Å²) in [5.74, 6) is 0. The molecule has 0 aliphatic carbocycles. The highest BCUT2D eigenvalue weighted by Crippen LogP contribution is 2.38. The lowest BCUT2D eigenvalue weighted by Gasteiger charge is -1.99. The van der Waals surface area contributed by atoms with Gasteiger partial charge in [0.25, 0.3) is 0 Å². The van der Waals surface area contributed by atoms with Crippen LogP contribution in [0.1, 0.15) is 5.01 Å². The molecular formula is C15H14N2S2. The molecule has 1 aromatic carbocycles. The summed E-state index contributed by atoms with van der Waals surface area (Å²) in [6.07, 6.45) is 0.843. The molecule has 19 heavy (non-hydrogen) atoms. The van der Waals surface area contributed by atoms with Gasteiger partial charge in [0.15, 0.2) is 0 Å². The van der Waals surface area contributed by atoms with Crippen molar-refractivity contribution in [1.29, 1.82) is 0 Å². The number of rotatable bonds is 4. The first-order valence-electron chi connectivity index (χ1n) is 6.17. The molecule has 0 spiro atoms. The molecule has 0 saturated carbocycles. The maximum atomic E-state index is 5.65. The monoisotopic (exact) mass is 286 g/mol. The number of thiophene rings is 1. The lowest BCUT2D eigenvalue weighted by molar-refractivity contribution is 0.954. The maximum Gasteiger partial charge on any atom is 0.0951 e. The Balaban J connectivity index is 2.12. The zero-order valence-corrected chi connectivity index (χ0v) is 12.0. The summed E-state index contributed by atoms with van der Waals surface area (Å²) in [7, 11) is 0. The minimum absolute atomic E-state index is 0.644. The highest BCUT2D eigenvalue weighted by atomic mass is 32.1. The molecule has 96 valence electrons. The molecule has 2 heterocycles. The van der Waals surface area contributed by atoms with Crippen molar-refractivity contribution in [3.05, 3.63) is 52.9 Å². The molecule has 3 rings (SSSR count). The van der Waals surface area contributed by atoms with Crippen molar-refractivity contribution in [2.24, 2.45) is 5.73 Å². The van der Waals surface area contributed by atoms with Crippen molar-refractivity contribution in [2.45, 2.75) is 6.42 Å². The van der Waals surface area contributed by atoms with Gasteiger partial charge in [0.2, 0.25) is 0 Å². The van der Waals surface area contributed by atoms with E-state index in [2.05, 4.69) is 41.8 Å². The van der Waals surface area contributed by atoms with Crippen LogP contribution in [0, 0.1) is 0 Å². The molecule has 0 bridgehead atoms. The molecule has 3 aromatic rings. The molecule has 0 atom stereocenters. The Kier molecular flexibility index (Phi) is 3.73. The third-order valence-electron chi connectivity index (χ3n) is 2.82. The minimum Gasteiger partial charge on any atom is -0.330 e. The average Bonchev–Trinajstić information content (AvgIpc) is 3.08. The zero-order chi connectivity index (χ0) is 13.1. The Hall–Kier alpha value is -1.49. The Labute approximate surface area is 120 Å². The lowest BCUT2D eigenvalue weighted by Crippen LogP contribution is -2.01. The van der Waals surface area contributed by atoms with Gasteiger partial charge in [0.05, 0.1) is 15.6 Å². The fourth-order valence-corrected chi connectivity index (χ4v) is 3.92. The second kappa shape index (κ2) is 5.65. The van der Waals surface area contributed by atoms with E-state index in [0.717, 1.165) is 17.1 Å². The molecule has 0 aliphatic heterocycles. The topological polar surface area (TPSA) is 38.9 Å². The molecule has 0 saturated heterocycles. The summed E-state index contributed by atoms with van der Waals surface area (Å²) >= 11 is 3.51. The van der Waals surface area contributed by atoms with E-state index in [1.54, 1.807) is 22.7 Å². The van der Waals surface area contributed by atoms with Crippen LogP contribution < -0.4 is 5.73 Å². The number of aromatic nitrogens is 1. The number of hydrogen-bond donors (Lipinski definition) is 1. The van der Waals surface area contributed by atoms with Crippen molar-refractivity contribution in [2.75, 3.05) is 6.54 Å². The summed E-state index contributed by atoms with van der Waals surface area (Å²) in [5, 5.41) is 3.22. The summed E-state index contributed by atoms with van der Waals surface area (Å²) in [4.78, 5) is 7.30. The van der Waals surface area contributed by atoms with E-state index >= 15 is 0 Å². The molecule has 0 amide bonds. The molecule has 0 fully saturated rings. The third kappa shape index (κ3) is 2.61. The molecule has 2 N–H and O–H groups in total. The molecule has 0 aliphatic rings. The highest BCUT2D eigenvalue weighted by Gasteiger charge is 2.14. The number of thiazole rings is 1. The van der Waals surface area contributed by atoms with Gasteiger partial charge in [-0.1, -0.05) is 36.4 Å². The fourth-order valence-electron chi connectivity index (χ4n) is 1.96. The Morgan fingerprint density at radius 1 is 1.05 bits per heavy atom. The predicted octanol–water partition coefficient (Wildman–Crippen LogP) is 4.04. The van der Waals surface area contributed by atoms with Gasteiger partial charge in [0.1, 0.15) is 0 Å². The van der Waals surface area contributed by atoms with E-state index in [4.69, 9.17) is 10.7 Å². The van der Waals surface area contributed by atoms with Crippen molar-refractivity contribution >= 4 is 22.7 Å². The first kappa shape index (κ1) is 12.5. The summed E-state index contributed by atoms with van der Waals surface area (Å²) in [6, 6.07) is 14.6. The molecule has 2 nitrogen and oxygen atoms in total. The molecular weight excluding hydrogens is 272 g/mol. The van der Waals surface area contributed by atoms with E-state index in [0.29, 0.717) is 6.54 Å². The van der Waals surface area contributed by atoms with Crippen LogP contribution >= 0.6 is 22.7 Å². The van der Waals surface area contributed by atoms with Gasteiger partial charge in [-0.15, -0.1) is 22.7 Å². The summed E-state index contributed by atoms with van der Waals surface area (Å²) in [6.45, 7) is 0.644. The van der Waals surface area contributed by atoms with E-state index in [-0.39, 0.29) is 0 Å². The molecule has 4 heteroatoms. The SMILES string of the molecule is NCCc1nc(-c2ccccc2)c(-c2cccs2)s1. The number of hydrogen-bond acceptors (Lipinski definition) is 4. The van der Waals surface area contributed by atoms with Crippen LogP contribution in [0.15, 0.2) is 47.8 Å². The molecule has 0 unspecified atom stereocenters. The normalized spacial score (nSPS) is 10.8. The lowest BCUT2D eigenvalue weighted by atomic mass is 10.1. The van der Waals surface area contributed by atoms with Gasteiger partial charge < -0.3 is 5.73 Å². The molecule has 0 radical (unpaired) electrons. The maximum absolute atomic E-state index is 5.65. The number of benzene rings is 1. The van der Waals surface area contributed by atoms with Crippen molar-refractivity contribution < 1.29 is 0 Å². The molecule has 2 aromatic heterocycles. The zero-order valence-electron chi connectivity index (χ0n) is 10.4. The van der Waals surface area contributed by atoms with Crippen LogP contribution in [0.2, 0.25) is 0 Å². The van der Waals surface area contributed by atoms with Gasteiger partial charge in [-0.25, -0.2) is 4.98 Å². The van der Waals surface area contributed by atoms with E-state index in [1.807, 2.05) is 6.07 Å².